The zero-order chi connectivity index (χ0) is 10.8. The Morgan fingerprint density at radius 3 is 2.64 bits per heavy atom. The van der Waals surface area contributed by atoms with Crippen LogP contribution in [0.3, 0.4) is 0 Å². The van der Waals surface area contributed by atoms with Gasteiger partial charge < -0.3 is 4.74 Å². The van der Waals surface area contributed by atoms with E-state index in [0.717, 1.165) is 6.42 Å². The third-order valence-corrected chi connectivity index (χ3v) is 3.07. The molecule has 14 heavy (non-hydrogen) atoms. The minimum absolute atomic E-state index is 0.161. The first-order chi connectivity index (χ1) is 6.48. The van der Waals surface area contributed by atoms with Crippen LogP contribution in [0, 0.1) is 11.3 Å². The van der Waals surface area contributed by atoms with E-state index in [0.29, 0.717) is 19.4 Å². The normalized spacial score (nSPS) is 22.5. The summed E-state index contributed by atoms with van der Waals surface area (Å²) in [5, 5.41) is 0. The lowest BCUT2D eigenvalue weighted by Crippen LogP contribution is -2.33. The molecule has 1 atom stereocenters. The minimum atomic E-state index is -0.512. The quantitative estimate of drug-likeness (QED) is 0.651. The highest BCUT2D eigenvalue weighted by atomic mass is 16.5. The summed E-state index contributed by atoms with van der Waals surface area (Å²) >= 11 is 0. The molecule has 1 fully saturated rings. The maximum Gasteiger partial charge on any atom is 0.311 e. The third-order valence-electron chi connectivity index (χ3n) is 3.07. The van der Waals surface area contributed by atoms with Crippen LogP contribution in [-0.2, 0) is 14.3 Å². The van der Waals surface area contributed by atoms with Gasteiger partial charge in [0.25, 0.3) is 0 Å². The van der Waals surface area contributed by atoms with Crippen LogP contribution in [0.1, 0.15) is 40.0 Å². The van der Waals surface area contributed by atoms with Crippen molar-refractivity contribution in [1.82, 2.24) is 0 Å². The van der Waals surface area contributed by atoms with Crippen molar-refractivity contribution in [2.45, 2.75) is 40.0 Å². The molecule has 3 nitrogen and oxygen atoms in total. The Kier molecular flexibility index (Phi) is 3.29. The van der Waals surface area contributed by atoms with Crippen molar-refractivity contribution in [1.29, 1.82) is 0 Å². The van der Waals surface area contributed by atoms with E-state index >= 15 is 0 Å². The molecular weight excluding hydrogens is 180 g/mol. The molecule has 0 aromatic rings. The van der Waals surface area contributed by atoms with Gasteiger partial charge in [0.1, 0.15) is 5.78 Å². The Morgan fingerprint density at radius 1 is 1.57 bits per heavy atom. The van der Waals surface area contributed by atoms with Gasteiger partial charge in [0.2, 0.25) is 0 Å². The second-order valence-corrected chi connectivity index (χ2v) is 4.42. The second kappa shape index (κ2) is 4.11. The maximum atomic E-state index is 11.6. The summed E-state index contributed by atoms with van der Waals surface area (Å²) in [6.45, 7) is 5.94. The summed E-state index contributed by atoms with van der Waals surface area (Å²) in [4.78, 5) is 22.8. The van der Waals surface area contributed by atoms with Crippen molar-refractivity contribution in [3.63, 3.8) is 0 Å². The molecule has 0 heterocycles. The highest BCUT2D eigenvalue weighted by Crippen LogP contribution is 2.38. The average Bonchev–Trinajstić information content (AvgIpc) is 2.52. The number of Topliss-reactive ketones (excluding diaryl/α,β-unsaturated/α-hetero) is 1. The Balaban J connectivity index is 2.64. The van der Waals surface area contributed by atoms with Gasteiger partial charge >= 0.3 is 5.97 Å². The lowest BCUT2D eigenvalue weighted by atomic mass is 9.78. The molecule has 0 amide bonds. The van der Waals surface area contributed by atoms with Crippen molar-refractivity contribution in [3.05, 3.63) is 0 Å². The number of ether oxygens (including phenoxy) is 1. The van der Waals surface area contributed by atoms with Gasteiger partial charge in [-0.1, -0.05) is 0 Å². The summed E-state index contributed by atoms with van der Waals surface area (Å²) in [6, 6.07) is 0. The van der Waals surface area contributed by atoms with Crippen LogP contribution >= 0.6 is 0 Å². The SMILES string of the molecule is CCOC(=O)C(C)(C)C1CCC(=O)C1. The largest absolute Gasteiger partial charge is 0.466 e. The Labute approximate surface area is 84.8 Å². The summed E-state index contributed by atoms with van der Waals surface area (Å²) in [5.74, 6) is 0.251. The van der Waals surface area contributed by atoms with Gasteiger partial charge in [-0.15, -0.1) is 0 Å². The molecule has 3 heteroatoms. The standard InChI is InChI=1S/C11H18O3/c1-4-14-10(13)11(2,3)8-5-6-9(12)7-8/h8H,4-7H2,1-3H3. The second-order valence-electron chi connectivity index (χ2n) is 4.42. The lowest BCUT2D eigenvalue weighted by molar-refractivity contribution is -0.156. The van der Waals surface area contributed by atoms with Gasteiger partial charge in [-0.25, -0.2) is 0 Å². The number of carbonyl (C=O) groups excluding carboxylic acids is 2. The molecule has 80 valence electrons. The van der Waals surface area contributed by atoms with Gasteiger partial charge in [0.15, 0.2) is 0 Å². The number of hydrogen-bond acceptors (Lipinski definition) is 3. The highest BCUT2D eigenvalue weighted by Gasteiger charge is 2.41. The molecular formula is C11H18O3. The molecule has 0 aromatic heterocycles. The molecule has 0 aromatic carbocycles. The Bertz CT molecular complexity index is 243. The van der Waals surface area contributed by atoms with E-state index in [9.17, 15) is 9.59 Å². The van der Waals surface area contributed by atoms with Crippen molar-refractivity contribution in [2.75, 3.05) is 6.61 Å². The summed E-state index contributed by atoms with van der Waals surface area (Å²) in [5.41, 5.74) is -0.512. The number of ketones is 1. The van der Waals surface area contributed by atoms with Crippen LogP contribution in [0.5, 0.6) is 0 Å². The number of esters is 1. The van der Waals surface area contributed by atoms with Crippen LogP contribution in [0.2, 0.25) is 0 Å². The number of carbonyl (C=O) groups is 2. The van der Waals surface area contributed by atoms with Gasteiger partial charge in [0.05, 0.1) is 12.0 Å². The predicted octanol–water partition coefficient (Wildman–Crippen LogP) is 1.94. The van der Waals surface area contributed by atoms with Crippen molar-refractivity contribution >= 4 is 11.8 Å². The zero-order valence-corrected chi connectivity index (χ0v) is 9.13. The van der Waals surface area contributed by atoms with E-state index in [4.69, 9.17) is 4.74 Å². The van der Waals surface area contributed by atoms with Crippen molar-refractivity contribution < 1.29 is 14.3 Å². The summed E-state index contributed by atoms with van der Waals surface area (Å²) in [7, 11) is 0. The average molecular weight is 198 g/mol. The van der Waals surface area contributed by atoms with Crippen LogP contribution in [-0.4, -0.2) is 18.4 Å². The van der Waals surface area contributed by atoms with Crippen LogP contribution < -0.4 is 0 Å². The highest BCUT2D eigenvalue weighted by molar-refractivity contribution is 5.83. The van der Waals surface area contributed by atoms with Crippen LogP contribution in [0.25, 0.3) is 0 Å². The van der Waals surface area contributed by atoms with E-state index in [-0.39, 0.29) is 17.7 Å². The Hall–Kier alpha value is -0.860. The molecule has 0 aliphatic heterocycles. The first-order valence-electron chi connectivity index (χ1n) is 5.17. The Morgan fingerprint density at radius 2 is 2.21 bits per heavy atom. The summed E-state index contributed by atoms with van der Waals surface area (Å²) in [6.07, 6.45) is 1.98. The predicted molar refractivity (Wildman–Crippen MR) is 52.8 cm³/mol. The van der Waals surface area contributed by atoms with E-state index in [1.165, 1.54) is 0 Å². The molecule has 1 aliphatic carbocycles. The smallest absolute Gasteiger partial charge is 0.311 e. The molecule has 0 N–H and O–H groups in total. The molecule has 0 radical (unpaired) electrons. The zero-order valence-electron chi connectivity index (χ0n) is 9.13. The number of hydrogen-bond donors (Lipinski definition) is 0. The van der Waals surface area contributed by atoms with Gasteiger partial charge in [0, 0.05) is 12.8 Å². The number of rotatable bonds is 3. The first-order valence-corrected chi connectivity index (χ1v) is 5.17. The molecule has 1 saturated carbocycles. The summed E-state index contributed by atoms with van der Waals surface area (Å²) < 4.78 is 5.00. The molecule has 1 aliphatic rings. The first kappa shape index (κ1) is 11.2. The fraction of sp³-hybridized carbons (Fsp3) is 0.818. The fourth-order valence-corrected chi connectivity index (χ4v) is 1.91. The van der Waals surface area contributed by atoms with E-state index in [2.05, 4.69) is 0 Å². The fourth-order valence-electron chi connectivity index (χ4n) is 1.91. The van der Waals surface area contributed by atoms with Crippen LogP contribution in [0.4, 0.5) is 0 Å². The van der Waals surface area contributed by atoms with Crippen LogP contribution in [0.15, 0.2) is 0 Å². The van der Waals surface area contributed by atoms with E-state index < -0.39 is 5.41 Å². The van der Waals surface area contributed by atoms with Gasteiger partial charge in [-0.3, -0.25) is 9.59 Å². The maximum absolute atomic E-state index is 11.6. The van der Waals surface area contributed by atoms with Crippen molar-refractivity contribution in [2.24, 2.45) is 11.3 Å². The van der Waals surface area contributed by atoms with E-state index in [1.807, 2.05) is 13.8 Å². The monoisotopic (exact) mass is 198 g/mol. The minimum Gasteiger partial charge on any atom is -0.466 e. The topological polar surface area (TPSA) is 43.4 Å². The molecule has 0 spiro atoms. The molecule has 0 bridgehead atoms. The van der Waals surface area contributed by atoms with Crippen molar-refractivity contribution in [3.8, 4) is 0 Å². The van der Waals surface area contributed by atoms with Gasteiger partial charge in [-0.05, 0) is 33.1 Å². The molecule has 1 rings (SSSR count). The third kappa shape index (κ3) is 2.14. The van der Waals surface area contributed by atoms with E-state index in [1.54, 1.807) is 6.92 Å². The molecule has 1 unspecified atom stereocenters. The lowest BCUT2D eigenvalue weighted by Gasteiger charge is -2.28. The molecule has 0 saturated heterocycles. The van der Waals surface area contributed by atoms with Gasteiger partial charge in [-0.2, -0.15) is 0 Å².